The van der Waals surface area contributed by atoms with E-state index in [0.717, 1.165) is 30.9 Å². The van der Waals surface area contributed by atoms with Crippen molar-refractivity contribution in [1.82, 2.24) is 29.9 Å². The molecule has 1 atom stereocenters. The third kappa shape index (κ3) is 3.12. The van der Waals surface area contributed by atoms with Gasteiger partial charge in [0.05, 0.1) is 19.0 Å². The fraction of sp³-hybridized carbons (Fsp3) is 0.647. The molecule has 2 aromatic rings. The summed E-state index contributed by atoms with van der Waals surface area (Å²) >= 11 is 0. The second-order valence-corrected chi connectivity index (χ2v) is 7.50. The Hall–Kier alpha value is -2.38. The Bertz CT molecular complexity index is 828. The van der Waals surface area contributed by atoms with Crippen LogP contribution in [0.25, 0.3) is 0 Å². The summed E-state index contributed by atoms with van der Waals surface area (Å²) in [7, 11) is 0. The van der Waals surface area contributed by atoms with Gasteiger partial charge in [-0.05, 0) is 25.2 Å². The lowest BCUT2D eigenvalue weighted by Crippen LogP contribution is -2.44. The van der Waals surface area contributed by atoms with Gasteiger partial charge in [0.15, 0.2) is 5.82 Å². The molecule has 2 N–H and O–H groups in total. The first-order valence-corrected chi connectivity index (χ1v) is 9.02. The Morgan fingerprint density at radius 3 is 2.80 bits per heavy atom. The monoisotopic (exact) mass is 344 g/mol. The van der Waals surface area contributed by atoms with E-state index in [1.165, 1.54) is 0 Å². The lowest BCUT2D eigenvalue weighted by Gasteiger charge is -2.36. The lowest BCUT2D eigenvalue weighted by atomic mass is 9.99. The molecule has 0 saturated heterocycles. The summed E-state index contributed by atoms with van der Waals surface area (Å²) in [6.07, 6.45) is 4.85. The topological polar surface area (TPSA) is 99.7 Å². The number of carbonyl (C=O) groups excluding carboxylic acids is 1. The first-order chi connectivity index (χ1) is 12.0. The van der Waals surface area contributed by atoms with Crippen molar-refractivity contribution in [3.63, 3.8) is 0 Å². The van der Waals surface area contributed by atoms with Gasteiger partial charge in [-0.25, -0.2) is 9.67 Å². The van der Waals surface area contributed by atoms with E-state index in [2.05, 4.69) is 29.1 Å². The summed E-state index contributed by atoms with van der Waals surface area (Å²) in [4.78, 5) is 31.2. The van der Waals surface area contributed by atoms with E-state index in [9.17, 15) is 9.59 Å². The van der Waals surface area contributed by atoms with Crippen LogP contribution in [0.3, 0.4) is 0 Å². The Morgan fingerprint density at radius 2 is 2.16 bits per heavy atom. The maximum absolute atomic E-state index is 12.9. The molecule has 25 heavy (non-hydrogen) atoms. The summed E-state index contributed by atoms with van der Waals surface area (Å²) in [6.45, 7) is 5.57. The summed E-state index contributed by atoms with van der Waals surface area (Å²) in [6, 6.07) is -0.0701. The number of fused-ring (bicyclic) bond motifs is 1. The third-order valence-corrected chi connectivity index (χ3v) is 4.97. The van der Waals surface area contributed by atoms with Gasteiger partial charge >= 0.3 is 0 Å². The van der Waals surface area contributed by atoms with E-state index in [1.807, 2.05) is 9.58 Å². The van der Waals surface area contributed by atoms with Crippen molar-refractivity contribution < 1.29 is 4.79 Å². The fourth-order valence-electron chi connectivity index (χ4n) is 3.50. The van der Waals surface area contributed by atoms with Crippen molar-refractivity contribution in [3.8, 4) is 0 Å². The van der Waals surface area contributed by atoms with Crippen LogP contribution in [-0.4, -0.2) is 42.3 Å². The first kappa shape index (κ1) is 16.1. The molecule has 1 aliphatic heterocycles. The van der Waals surface area contributed by atoms with Gasteiger partial charge in [-0.3, -0.25) is 14.7 Å². The molecule has 2 aliphatic rings. The number of aromatic nitrogens is 5. The maximum Gasteiger partial charge on any atom is 0.267 e. The molecule has 0 spiro atoms. The van der Waals surface area contributed by atoms with Crippen LogP contribution in [0, 0.1) is 5.92 Å². The van der Waals surface area contributed by atoms with Crippen LogP contribution in [-0.2, 0) is 17.8 Å². The molecule has 8 nitrogen and oxygen atoms in total. The Balaban J connectivity index is 1.60. The molecule has 3 heterocycles. The van der Waals surface area contributed by atoms with E-state index >= 15 is 0 Å². The summed E-state index contributed by atoms with van der Waals surface area (Å²) in [5.41, 5.74) is 0.240. The highest BCUT2D eigenvalue weighted by molar-refractivity contribution is 5.79. The van der Waals surface area contributed by atoms with E-state index < -0.39 is 0 Å². The number of H-pyrrole nitrogens is 2. The highest BCUT2D eigenvalue weighted by Gasteiger charge is 2.37. The molecular formula is C17H24N6O2. The first-order valence-electron chi connectivity index (χ1n) is 9.02. The highest BCUT2D eigenvalue weighted by Crippen LogP contribution is 2.40. The minimum absolute atomic E-state index is 0.0297. The van der Waals surface area contributed by atoms with Crippen molar-refractivity contribution in [2.75, 3.05) is 6.54 Å². The molecule has 4 rings (SSSR count). The molecule has 0 bridgehead atoms. The van der Waals surface area contributed by atoms with E-state index in [0.29, 0.717) is 30.5 Å². The van der Waals surface area contributed by atoms with E-state index in [-0.39, 0.29) is 23.9 Å². The minimum atomic E-state index is -0.232. The van der Waals surface area contributed by atoms with Crippen molar-refractivity contribution in [2.24, 2.45) is 5.92 Å². The van der Waals surface area contributed by atoms with Gasteiger partial charge in [0.25, 0.3) is 5.56 Å². The van der Waals surface area contributed by atoms with Gasteiger partial charge in [0, 0.05) is 24.2 Å². The zero-order valence-electron chi connectivity index (χ0n) is 14.7. The third-order valence-electron chi connectivity index (χ3n) is 4.97. The zero-order valence-corrected chi connectivity index (χ0v) is 14.7. The number of aromatic amines is 2. The predicted octanol–water partition coefficient (Wildman–Crippen LogP) is 1.34. The van der Waals surface area contributed by atoms with Crippen LogP contribution < -0.4 is 5.56 Å². The molecule has 0 unspecified atom stereocenters. The molecule has 1 saturated carbocycles. The van der Waals surface area contributed by atoms with E-state index in [1.54, 1.807) is 6.20 Å². The Morgan fingerprint density at radius 1 is 1.36 bits per heavy atom. The molecule has 1 amide bonds. The van der Waals surface area contributed by atoms with Gasteiger partial charge in [-0.1, -0.05) is 13.8 Å². The number of carbonyl (C=O) groups is 1. The van der Waals surface area contributed by atoms with Gasteiger partial charge in [-0.15, -0.1) is 0 Å². The van der Waals surface area contributed by atoms with Gasteiger partial charge in [-0.2, -0.15) is 5.10 Å². The largest absolute Gasteiger partial charge is 0.330 e. The van der Waals surface area contributed by atoms with Gasteiger partial charge in [0.1, 0.15) is 5.82 Å². The summed E-state index contributed by atoms with van der Waals surface area (Å²) in [5, 5.41) is 9.80. The second-order valence-electron chi connectivity index (χ2n) is 7.50. The van der Waals surface area contributed by atoms with Crippen molar-refractivity contribution in [1.29, 1.82) is 0 Å². The highest BCUT2D eigenvalue weighted by atomic mass is 16.2. The molecule has 1 aliphatic carbocycles. The average Bonchev–Trinajstić information content (AvgIpc) is 3.20. The Labute approximate surface area is 145 Å². The minimum Gasteiger partial charge on any atom is -0.330 e. The molecule has 8 heteroatoms. The molecule has 2 aromatic heterocycles. The SMILES string of the molecule is CC(C)C[C@H]1c2nc(C3CC3)nn2CCN1C(=O)Cc1c[nH][nH]c1=O. The zero-order chi connectivity index (χ0) is 17.6. The molecule has 134 valence electrons. The van der Waals surface area contributed by atoms with Crippen LogP contribution >= 0.6 is 0 Å². The van der Waals surface area contributed by atoms with E-state index in [4.69, 9.17) is 4.98 Å². The number of amides is 1. The lowest BCUT2D eigenvalue weighted by molar-refractivity contribution is -0.134. The van der Waals surface area contributed by atoms with Crippen LogP contribution in [0.2, 0.25) is 0 Å². The predicted molar refractivity (Wildman–Crippen MR) is 91.0 cm³/mol. The normalized spacial score (nSPS) is 20.1. The second kappa shape index (κ2) is 6.16. The smallest absolute Gasteiger partial charge is 0.267 e. The fourth-order valence-corrected chi connectivity index (χ4v) is 3.50. The average molecular weight is 344 g/mol. The summed E-state index contributed by atoms with van der Waals surface area (Å²) in [5.74, 6) is 2.74. The molecule has 0 radical (unpaired) electrons. The van der Waals surface area contributed by atoms with Gasteiger partial charge < -0.3 is 10.00 Å². The van der Waals surface area contributed by atoms with Crippen LogP contribution in [0.4, 0.5) is 0 Å². The molecule has 0 aromatic carbocycles. The van der Waals surface area contributed by atoms with Crippen molar-refractivity contribution in [2.45, 2.75) is 58.0 Å². The van der Waals surface area contributed by atoms with Gasteiger partial charge in [0.2, 0.25) is 5.91 Å². The molecular weight excluding hydrogens is 320 g/mol. The summed E-state index contributed by atoms with van der Waals surface area (Å²) < 4.78 is 1.98. The van der Waals surface area contributed by atoms with Crippen molar-refractivity contribution in [3.05, 3.63) is 33.8 Å². The number of nitrogens with one attached hydrogen (secondary N) is 2. The number of rotatable bonds is 5. The van der Waals surface area contributed by atoms with Crippen molar-refractivity contribution >= 4 is 5.91 Å². The van der Waals surface area contributed by atoms with Crippen LogP contribution in [0.5, 0.6) is 0 Å². The number of nitrogens with zero attached hydrogens (tertiary/aromatic N) is 4. The van der Waals surface area contributed by atoms with Crippen LogP contribution in [0.15, 0.2) is 11.0 Å². The number of hydrogen-bond acceptors (Lipinski definition) is 4. The molecule has 1 fully saturated rings. The Kier molecular flexibility index (Phi) is 3.97. The quantitative estimate of drug-likeness (QED) is 0.855. The standard InChI is InChI=1S/C17H24N6O2/c1-10(2)7-13-16-19-15(11-3-4-11)21-23(16)6-5-22(13)14(24)8-12-9-18-20-17(12)25/h9-11,13H,3-8H2,1-2H3,(H2,18,20,25)/t13-/m0/s1. The van der Waals surface area contributed by atoms with Crippen LogP contribution in [0.1, 0.15) is 62.3 Å². The maximum atomic E-state index is 12.9. The number of hydrogen-bond donors (Lipinski definition) is 2.